The maximum Gasteiger partial charge on any atom is 0.302 e. The highest BCUT2D eigenvalue weighted by molar-refractivity contribution is 6.42. The third-order valence-corrected chi connectivity index (χ3v) is 6.32. The molecule has 0 aliphatic carbocycles. The normalized spacial score (nSPS) is 11.4. The van der Waals surface area contributed by atoms with Crippen LogP contribution in [0.5, 0.6) is 11.5 Å². The van der Waals surface area contributed by atoms with Gasteiger partial charge in [-0.25, -0.2) is 9.98 Å². The fourth-order valence-corrected chi connectivity index (χ4v) is 3.93. The van der Waals surface area contributed by atoms with Gasteiger partial charge in [-0.2, -0.15) is 0 Å². The number of ether oxygens (including phenoxy) is 3. The van der Waals surface area contributed by atoms with Gasteiger partial charge < -0.3 is 23.9 Å². The molecule has 0 bridgehead atoms. The van der Waals surface area contributed by atoms with Gasteiger partial charge in [0.05, 0.1) is 41.2 Å². The Hall–Kier alpha value is -4.08. The van der Waals surface area contributed by atoms with Crippen LogP contribution in [-0.4, -0.2) is 26.1 Å². The van der Waals surface area contributed by atoms with Gasteiger partial charge in [-0.1, -0.05) is 23.2 Å². The molecule has 9 nitrogen and oxygen atoms in total. The number of anilines is 1. The standard InChI is InChI=1S/C27H23Cl2N3O6/c1-14-25-19(16(12-30-14)13-37-15(2)33)11-20(27(38-25)31-17-5-7-21(28)22(29)9-17)26(34)32-23-8-6-18(35-3)10-24(23)36-4/h5-12H,13H2,1-4H3,(H,32,34)/p+1. The zero-order valence-electron chi connectivity index (χ0n) is 21.0. The van der Waals surface area contributed by atoms with Crippen LogP contribution < -0.4 is 25.3 Å². The second-order valence-corrected chi connectivity index (χ2v) is 8.97. The molecule has 0 aliphatic heterocycles. The van der Waals surface area contributed by atoms with Gasteiger partial charge in [0, 0.05) is 25.3 Å². The number of carbonyl (C=O) groups is 2. The number of fused-ring (bicyclic) bond motifs is 1. The van der Waals surface area contributed by atoms with Crippen molar-refractivity contribution in [2.24, 2.45) is 4.99 Å². The fourth-order valence-electron chi connectivity index (χ4n) is 3.64. The number of esters is 1. The summed E-state index contributed by atoms with van der Waals surface area (Å²) >= 11 is 12.2. The monoisotopic (exact) mass is 556 g/mol. The van der Waals surface area contributed by atoms with E-state index in [9.17, 15) is 9.59 Å². The summed E-state index contributed by atoms with van der Waals surface area (Å²) in [4.78, 5) is 32.7. The summed E-state index contributed by atoms with van der Waals surface area (Å²) in [5.74, 6) is 0.0189. The predicted octanol–water partition coefficient (Wildman–Crippen LogP) is 5.43. The summed E-state index contributed by atoms with van der Waals surface area (Å²) < 4.78 is 22.0. The largest absolute Gasteiger partial charge is 0.497 e. The van der Waals surface area contributed by atoms with E-state index in [2.05, 4.69) is 15.3 Å². The van der Waals surface area contributed by atoms with Crippen LogP contribution in [0.2, 0.25) is 10.0 Å². The highest BCUT2D eigenvalue weighted by Crippen LogP contribution is 2.30. The molecule has 4 rings (SSSR count). The average molecular weight is 557 g/mol. The molecule has 0 saturated heterocycles. The van der Waals surface area contributed by atoms with Crippen LogP contribution in [0.4, 0.5) is 11.4 Å². The zero-order chi connectivity index (χ0) is 27.4. The van der Waals surface area contributed by atoms with E-state index in [-0.39, 0.29) is 17.7 Å². The average Bonchev–Trinajstić information content (AvgIpc) is 2.90. The number of hydrogen-bond donors (Lipinski definition) is 1. The number of aromatic nitrogens is 1. The summed E-state index contributed by atoms with van der Waals surface area (Å²) in [6.07, 6.45) is 1.69. The first-order chi connectivity index (χ1) is 18.2. The van der Waals surface area contributed by atoms with Crippen LogP contribution in [0.1, 0.15) is 28.5 Å². The van der Waals surface area contributed by atoms with E-state index < -0.39 is 11.9 Å². The van der Waals surface area contributed by atoms with Gasteiger partial charge in [0.1, 0.15) is 23.7 Å². The molecule has 0 atom stereocenters. The van der Waals surface area contributed by atoms with E-state index in [4.69, 9.17) is 41.8 Å². The van der Waals surface area contributed by atoms with Crippen molar-refractivity contribution in [1.82, 2.24) is 0 Å². The van der Waals surface area contributed by atoms with Crippen LogP contribution in [0, 0.1) is 6.92 Å². The first-order valence-electron chi connectivity index (χ1n) is 11.3. The van der Waals surface area contributed by atoms with E-state index >= 15 is 0 Å². The van der Waals surface area contributed by atoms with Crippen molar-refractivity contribution < 1.29 is 33.2 Å². The second kappa shape index (κ2) is 11.5. The Morgan fingerprint density at radius 2 is 1.84 bits per heavy atom. The third kappa shape index (κ3) is 5.90. The molecule has 2 aromatic heterocycles. The van der Waals surface area contributed by atoms with Gasteiger partial charge in [0.2, 0.25) is 16.8 Å². The minimum atomic E-state index is -0.512. The Morgan fingerprint density at radius 3 is 2.53 bits per heavy atom. The van der Waals surface area contributed by atoms with Crippen LogP contribution in [0.3, 0.4) is 0 Å². The van der Waals surface area contributed by atoms with Crippen molar-refractivity contribution in [3.05, 3.63) is 81.1 Å². The lowest BCUT2D eigenvalue weighted by molar-refractivity contribution is -0.386. The van der Waals surface area contributed by atoms with E-state index in [0.29, 0.717) is 55.1 Å². The van der Waals surface area contributed by atoms with Gasteiger partial charge >= 0.3 is 5.97 Å². The number of carbonyl (C=O) groups excluding carboxylic acids is 2. The Bertz CT molecular complexity index is 1620. The number of benzene rings is 2. The molecule has 38 heavy (non-hydrogen) atoms. The van der Waals surface area contributed by atoms with Crippen molar-refractivity contribution in [1.29, 1.82) is 0 Å². The lowest BCUT2D eigenvalue weighted by Crippen LogP contribution is -2.23. The molecule has 0 aliphatic rings. The number of aryl methyl sites for hydroxylation is 1. The lowest BCUT2D eigenvalue weighted by atomic mass is 10.1. The summed E-state index contributed by atoms with van der Waals surface area (Å²) in [5, 5.41) is 4.09. The fraction of sp³-hybridized carbons (Fsp3) is 0.185. The molecule has 196 valence electrons. The Balaban J connectivity index is 1.90. The minimum absolute atomic E-state index is 0.0191. The van der Waals surface area contributed by atoms with Crippen molar-refractivity contribution >= 4 is 57.4 Å². The molecule has 0 radical (unpaired) electrons. The number of halogens is 2. The van der Waals surface area contributed by atoms with Crippen LogP contribution in [0.15, 0.2) is 58.1 Å². The van der Waals surface area contributed by atoms with Crippen LogP contribution in [0.25, 0.3) is 11.0 Å². The number of nitrogens with one attached hydrogen (secondary N) is 2. The molecule has 11 heteroatoms. The maximum atomic E-state index is 13.6. The number of methoxy groups -OCH3 is 2. The van der Waals surface area contributed by atoms with E-state index in [1.165, 1.54) is 21.1 Å². The molecule has 1 amide bonds. The minimum Gasteiger partial charge on any atom is -0.497 e. The first kappa shape index (κ1) is 27.0. The Morgan fingerprint density at radius 1 is 1.05 bits per heavy atom. The summed E-state index contributed by atoms with van der Waals surface area (Å²) in [6, 6.07) is 11.5. The molecular formula is C27H24Cl2N3O6+. The highest BCUT2D eigenvalue weighted by Gasteiger charge is 2.20. The van der Waals surface area contributed by atoms with E-state index in [0.717, 1.165) is 0 Å². The summed E-state index contributed by atoms with van der Waals surface area (Å²) in [5.41, 5.74) is 2.72. The van der Waals surface area contributed by atoms with Crippen molar-refractivity contribution in [3.63, 3.8) is 0 Å². The van der Waals surface area contributed by atoms with Crippen molar-refractivity contribution in [2.75, 3.05) is 19.5 Å². The van der Waals surface area contributed by atoms with Crippen LogP contribution >= 0.6 is 23.2 Å². The number of rotatable bonds is 7. The Kier molecular flexibility index (Phi) is 8.19. The number of H-pyrrole nitrogens is 1. The molecule has 0 saturated carbocycles. The molecule has 0 spiro atoms. The van der Waals surface area contributed by atoms with Gasteiger partial charge in [-0.05, 0) is 36.4 Å². The first-order valence-corrected chi connectivity index (χ1v) is 12.1. The van der Waals surface area contributed by atoms with Gasteiger partial charge in [-0.3, -0.25) is 9.59 Å². The highest BCUT2D eigenvalue weighted by atomic mass is 35.5. The predicted molar refractivity (Wildman–Crippen MR) is 142 cm³/mol. The molecule has 2 heterocycles. The topological polar surface area (TPSA) is 114 Å². The van der Waals surface area contributed by atoms with Crippen molar-refractivity contribution in [2.45, 2.75) is 20.5 Å². The number of hydrogen-bond acceptors (Lipinski definition) is 7. The second-order valence-electron chi connectivity index (χ2n) is 8.16. The number of amides is 1. The molecule has 0 unspecified atom stereocenters. The summed E-state index contributed by atoms with van der Waals surface area (Å²) in [7, 11) is 3.02. The van der Waals surface area contributed by atoms with Gasteiger partial charge in [0.25, 0.3) is 5.91 Å². The lowest BCUT2D eigenvalue weighted by Gasteiger charge is -2.12. The summed E-state index contributed by atoms with van der Waals surface area (Å²) in [6.45, 7) is 3.11. The maximum absolute atomic E-state index is 13.6. The molecule has 2 aromatic carbocycles. The van der Waals surface area contributed by atoms with E-state index in [1.54, 1.807) is 48.7 Å². The van der Waals surface area contributed by atoms with Crippen LogP contribution in [-0.2, 0) is 16.1 Å². The quantitative estimate of drug-likeness (QED) is 0.304. The molecule has 4 aromatic rings. The molecule has 0 fully saturated rings. The Labute approximate surface area is 228 Å². The number of aromatic amines is 1. The van der Waals surface area contributed by atoms with Crippen molar-refractivity contribution in [3.8, 4) is 11.5 Å². The van der Waals surface area contributed by atoms with E-state index in [1.807, 2.05) is 6.92 Å². The SMILES string of the molecule is COc1ccc(NC(=O)c2cc3c(COC(C)=O)c[nH+]c(C)c3oc2=Nc2ccc(Cl)c(Cl)c2)c(OC)c1. The van der Waals surface area contributed by atoms with Gasteiger partial charge in [-0.15, -0.1) is 0 Å². The molecular weight excluding hydrogens is 533 g/mol. The number of pyridine rings is 1. The zero-order valence-corrected chi connectivity index (χ0v) is 22.5. The molecule has 2 N–H and O–H groups in total. The smallest absolute Gasteiger partial charge is 0.302 e. The van der Waals surface area contributed by atoms with Gasteiger partial charge in [0.15, 0.2) is 6.20 Å². The number of nitrogens with zero attached hydrogens (tertiary/aromatic N) is 1. The third-order valence-electron chi connectivity index (χ3n) is 5.58.